The smallest absolute Gasteiger partial charge is 0.0272 e. The summed E-state index contributed by atoms with van der Waals surface area (Å²) in [5.41, 5.74) is 0.542. The van der Waals surface area contributed by atoms with E-state index in [2.05, 4.69) is 0 Å². The van der Waals surface area contributed by atoms with E-state index in [-0.39, 0.29) is 0 Å². The van der Waals surface area contributed by atoms with Crippen molar-refractivity contribution >= 4 is 0 Å². The fourth-order valence-electron chi connectivity index (χ4n) is 2.09. The van der Waals surface area contributed by atoms with Gasteiger partial charge in [-0.1, -0.05) is 19.3 Å². The van der Waals surface area contributed by atoms with Crippen molar-refractivity contribution in [3.05, 3.63) is 0 Å². The summed E-state index contributed by atoms with van der Waals surface area (Å²) in [7, 11) is 0. The molecule has 0 radical (unpaired) electrons. The molecule has 0 heteroatoms. The highest BCUT2D eigenvalue weighted by molar-refractivity contribution is 4.90. The minimum atomic E-state index is 0.319. The molecule has 0 heterocycles. The van der Waals surface area contributed by atoms with Crippen LogP contribution in [0.5, 0.6) is 0 Å². The molecule has 0 nitrogen and oxygen atoms in total. The average Bonchev–Trinajstić information content (AvgIpc) is 2.34. The van der Waals surface area contributed by atoms with Gasteiger partial charge >= 0.3 is 0 Å². The maximum Gasteiger partial charge on any atom is 0.0272 e. The van der Waals surface area contributed by atoms with Gasteiger partial charge in [0.25, 0.3) is 0 Å². The van der Waals surface area contributed by atoms with E-state index in [1.54, 1.807) is 0 Å². The Morgan fingerprint density at radius 1 is 1.00 bits per heavy atom. The fraction of sp³-hybridized carbons (Fsp3) is 1.00. The van der Waals surface area contributed by atoms with Crippen molar-refractivity contribution in [2.75, 3.05) is 0 Å². The first-order chi connectivity index (χ1) is 4.33. The van der Waals surface area contributed by atoms with Crippen LogP contribution in [0.15, 0.2) is 0 Å². The first-order valence-corrected chi connectivity index (χ1v) is 3.76. The number of rotatable bonds is 0. The minimum absolute atomic E-state index is 0.319. The van der Waals surface area contributed by atoms with Gasteiger partial charge in [0.05, 0.1) is 0 Å². The van der Waals surface area contributed by atoms with Gasteiger partial charge in [-0.2, -0.15) is 0 Å². The maximum atomic E-state index is 7.66. The Hall–Kier alpha value is 0. The third kappa shape index (κ3) is 0.519. The van der Waals surface area contributed by atoms with Gasteiger partial charge in [-0.25, -0.2) is 0 Å². The molecule has 2 rings (SSSR count). The zero-order valence-electron chi connectivity index (χ0n) is 6.32. The van der Waals surface area contributed by atoms with Crippen LogP contribution in [0.4, 0.5) is 0 Å². The summed E-state index contributed by atoms with van der Waals surface area (Å²) in [5.74, 6) is 0. The second-order valence-corrected chi connectivity index (χ2v) is 3.31. The SMILES string of the molecule is [2H][C@@H]1CCC12CCCC2. The standard InChI is InChI=1S/C8H14/c1-2-5-8(4-1)6-3-7-8/h1-7H2/i6D/t6-/m1/s1. The van der Waals surface area contributed by atoms with Crippen molar-refractivity contribution in [3.63, 3.8) is 0 Å². The minimum Gasteiger partial charge on any atom is -0.0528 e. The van der Waals surface area contributed by atoms with Gasteiger partial charge in [-0.15, -0.1) is 0 Å². The molecule has 1 atom stereocenters. The Kier molecular flexibility index (Phi) is 0.731. The van der Waals surface area contributed by atoms with E-state index < -0.39 is 0 Å². The lowest BCUT2D eigenvalue weighted by Gasteiger charge is -2.38. The summed E-state index contributed by atoms with van der Waals surface area (Å²) < 4.78 is 7.66. The molecular weight excluding hydrogens is 96.1 g/mol. The Balaban J connectivity index is 2.06. The Labute approximate surface area is 52.7 Å². The molecule has 0 N–H and O–H groups in total. The zero-order chi connectivity index (χ0) is 6.32. The summed E-state index contributed by atoms with van der Waals surface area (Å²) in [6, 6.07) is 0. The summed E-state index contributed by atoms with van der Waals surface area (Å²) in [6.45, 7) is 0. The zero-order valence-corrected chi connectivity index (χ0v) is 5.32. The molecule has 8 heavy (non-hydrogen) atoms. The van der Waals surface area contributed by atoms with E-state index in [4.69, 9.17) is 1.37 Å². The maximum absolute atomic E-state index is 7.66. The summed E-state index contributed by atoms with van der Waals surface area (Å²) in [5, 5.41) is 0. The molecular formula is C8H14. The fourth-order valence-corrected chi connectivity index (χ4v) is 2.09. The van der Waals surface area contributed by atoms with Gasteiger partial charge < -0.3 is 0 Å². The van der Waals surface area contributed by atoms with Gasteiger partial charge in [0.1, 0.15) is 0 Å². The quantitative estimate of drug-likeness (QED) is 0.451. The van der Waals surface area contributed by atoms with E-state index in [1.165, 1.54) is 38.5 Å². The second-order valence-electron chi connectivity index (χ2n) is 3.31. The highest BCUT2D eigenvalue weighted by Crippen LogP contribution is 2.52. The molecule has 2 fully saturated rings. The van der Waals surface area contributed by atoms with E-state index in [1.807, 2.05) is 0 Å². The lowest BCUT2D eigenvalue weighted by atomic mass is 9.68. The molecule has 0 aromatic carbocycles. The molecule has 0 aliphatic heterocycles. The largest absolute Gasteiger partial charge is 0.0528 e. The molecule has 2 saturated carbocycles. The summed E-state index contributed by atoms with van der Waals surface area (Å²) in [6.07, 6.45) is 8.38. The second kappa shape index (κ2) is 1.49. The van der Waals surface area contributed by atoms with Gasteiger partial charge in [-0.05, 0) is 31.1 Å². The molecule has 0 aromatic heterocycles. The van der Waals surface area contributed by atoms with Crippen LogP contribution in [-0.4, -0.2) is 0 Å². The van der Waals surface area contributed by atoms with E-state index in [0.29, 0.717) is 11.8 Å². The van der Waals surface area contributed by atoms with Crippen LogP contribution in [-0.2, 0) is 0 Å². The van der Waals surface area contributed by atoms with Crippen molar-refractivity contribution in [2.45, 2.75) is 44.9 Å². The normalized spacial score (nSPS) is 44.0. The molecule has 0 amide bonds. The average molecular weight is 111 g/mol. The number of hydrogen-bond donors (Lipinski definition) is 0. The van der Waals surface area contributed by atoms with Crippen molar-refractivity contribution in [1.82, 2.24) is 0 Å². The Morgan fingerprint density at radius 2 is 1.62 bits per heavy atom. The molecule has 0 bridgehead atoms. The van der Waals surface area contributed by atoms with E-state index in [0.717, 1.165) is 0 Å². The van der Waals surface area contributed by atoms with Crippen LogP contribution in [0.2, 0.25) is 0 Å². The molecule has 2 aliphatic carbocycles. The van der Waals surface area contributed by atoms with Crippen molar-refractivity contribution in [3.8, 4) is 0 Å². The summed E-state index contributed by atoms with van der Waals surface area (Å²) in [4.78, 5) is 0. The lowest BCUT2D eigenvalue weighted by Crippen LogP contribution is -2.24. The van der Waals surface area contributed by atoms with Gasteiger partial charge in [0.2, 0.25) is 0 Å². The molecule has 0 saturated heterocycles. The van der Waals surface area contributed by atoms with E-state index in [9.17, 15) is 0 Å². The third-order valence-electron chi connectivity index (χ3n) is 2.82. The highest BCUT2D eigenvalue weighted by Gasteiger charge is 2.38. The molecule has 0 unspecified atom stereocenters. The van der Waals surface area contributed by atoms with Gasteiger partial charge in [0.15, 0.2) is 0 Å². The number of hydrogen-bond acceptors (Lipinski definition) is 0. The van der Waals surface area contributed by atoms with Crippen molar-refractivity contribution in [2.24, 2.45) is 5.41 Å². The van der Waals surface area contributed by atoms with Crippen LogP contribution in [0.25, 0.3) is 0 Å². The van der Waals surface area contributed by atoms with Crippen LogP contribution in [0, 0.1) is 5.41 Å². The molecule has 46 valence electrons. The third-order valence-corrected chi connectivity index (χ3v) is 2.82. The van der Waals surface area contributed by atoms with Crippen LogP contribution in [0.3, 0.4) is 0 Å². The van der Waals surface area contributed by atoms with Crippen LogP contribution >= 0.6 is 0 Å². The Bertz CT molecular complexity index is 114. The van der Waals surface area contributed by atoms with Crippen molar-refractivity contribution < 1.29 is 1.37 Å². The topological polar surface area (TPSA) is 0 Å². The van der Waals surface area contributed by atoms with Crippen molar-refractivity contribution in [1.29, 1.82) is 0 Å². The predicted molar refractivity (Wildman–Crippen MR) is 34.8 cm³/mol. The first kappa shape index (κ1) is 3.92. The van der Waals surface area contributed by atoms with Crippen LogP contribution < -0.4 is 0 Å². The molecule has 1 spiro atoms. The monoisotopic (exact) mass is 111 g/mol. The Morgan fingerprint density at radius 3 is 1.88 bits per heavy atom. The predicted octanol–water partition coefficient (Wildman–Crippen LogP) is 2.73. The molecule has 0 aromatic rings. The van der Waals surface area contributed by atoms with Gasteiger partial charge in [0, 0.05) is 1.37 Å². The lowest BCUT2D eigenvalue weighted by molar-refractivity contribution is 0.144. The van der Waals surface area contributed by atoms with Crippen LogP contribution in [0.1, 0.15) is 46.3 Å². The molecule has 2 aliphatic rings. The van der Waals surface area contributed by atoms with E-state index >= 15 is 0 Å². The highest BCUT2D eigenvalue weighted by atomic mass is 14.4. The summed E-state index contributed by atoms with van der Waals surface area (Å²) >= 11 is 0. The first-order valence-electron chi connectivity index (χ1n) is 4.33. The van der Waals surface area contributed by atoms with Gasteiger partial charge in [-0.3, -0.25) is 0 Å².